The molecule has 0 atom stereocenters. The van der Waals surface area contributed by atoms with Gasteiger partial charge in [-0.2, -0.15) is 5.26 Å². The Balaban J connectivity index is 1.61. The number of ether oxygens (including phenoxy) is 1. The quantitative estimate of drug-likeness (QED) is 0.395. The number of allylic oxidation sites excluding steroid dienone is 1. The van der Waals surface area contributed by atoms with E-state index < -0.39 is 0 Å². The highest BCUT2D eigenvalue weighted by atomic mass is 19.1. The molecule has 0 fully saturated rings. The summed E-state index contributed by atoms with van der Waals surface area (Å²) in [6.07, 6.45) is 0. The number of imidazole rings is 1. The summed E-state index contributed by atoms with van der Waals surface area (Å²) >= 11 is 0. The number of anilines is 1. The van der Waals surface area contributed by atoms with E-state index in [-0.39, 0.29) is 5.82 Å². The van der Waals surface area contributed by atoms with Crippen molar-refractivity contribution in [1.82, 2.24) is 9.55 Å². The molecule has 0 bridgehead atoms. The highest BCUT2D eigenvalue weighted by Crippen LogP contribution is 2.39. The second-order valence-electron chi connectivity index (χ2n) is 8.41. The number of para-hydroxylation sites is 2. The Bertz CT molecular complexity index is 1460. The molecule has 1 aliphatic rings. The SMILES string of the molecule is C/C(C#N)=C1\c2ccc(Cn3c(N(C)C)nc4ccccc43)cc2COc2cc(F)ccc21. The number of nitrogens with zero attached hydrogens (tertiary/aromatic N) is 4. The van der Waals surface area contributed by atoms with E-state index >= 15 is 0 Å². The molecule has 0 spiro atoms. The Kier molecular flexibility index (Phi) is 5.10. The summed E-state index contributed by atoms with van der Waals surface area (Å²) in [5.74, 6) is 0.969. The summed E-state index contributed by atoms with van der Waals surface area (Å²) in [6, 6.07) is 21.1. The second kappa shape index (κ2) is 8.10. The maximum absolute atomic E-state index is 13.9. The summed E-state index contributed by atoms with van der Waals surface area (Å²) in [5, 5.41) is 9.66. The predicted octanol–water partition coefficient (Wildman–Crippen LogP) is 5.53. The lowest BCUT2D eigenvalue weighted by atomic mass is 9.90. The van der Waals surface area contributed by atoms with Crippen molar-refractivity contribution in [3.63, 3.8) is 0 Å². The van der Waals surface area contributed by atoms with E-state index in [9.17, 15) is 9.65 Å². The van der Waals surface area contributed by atoms with Crippen LogP contribution < -0.4 is 9.64 Å². The lowest BCUT2D eigenvalue weighted by Gasteiger charge is -2.16. The van der Waals surface area contributed by atoms with E-state index in [1.807, 2.05) is 43.3 Å². The summed E-state index contributed by atoms with van der Waals surface area (Å²) in [5.41, 5.74) is 7.09. The minimum atomic E-state index is -0.363. The standard InChI is InChI=1S/C27H23FN4O/c1-17(14-29)26-21-10-8-18(12-19(21)16-33-25-13-20(28)9-11-22(25)26)15-32-24-7-5-4-6-23(24)30-27(32)31(2)3/h4-13H,15-16H2,1-3H3/b26-17-. The first-order valence-corrected chi connectivity index (χ1v) is 10.7. The molecule has 0 amide bonds. The van der Waals surface area contributed by atoms with Crippen LogP contribution >= 0.6 is 0 Å². The minimum Gasteiger partial charge on any atom is -0.488 e. The van der Waals surface area contributed by atoms with E-state index in [1.54, 1.807) is 13.0 Å². The van der Waals surface area contributed by atoms with Crippen LogP contribution in [0.3, 0.4) is 0 Å². The van der Waals surface area contributed by atoms with E-state index in [4.69, 9.17) is 9.72 Å². The number of benzene rings is 3. The third kappa shape index (κ3) is 3.62. The first-order chi connectivity index (χ1) is 16.0. The molecular formula is C27H23FN4O. The van der Waals surface area contributed by atoms with Gasteiger partial charge in [-0.25, -0.2) is 9.37 Å². The number of rotatable bonds is 3. The number of halogens is 1. The van der Waals surface area contributed by atoms with Gasteiger partial charge in [0.15, 0.2) is 0 Å². The smallest absolute Gasteiger partial charge is 0.206 e. The molecule has 0 N–H and O–H groups in total. The molecule has 3 aromatic carbocycles. The van der Waals surface area contributed by atoms with Gasteiger partial charge >= 0.3 is 0 Å². The molecule has 0 radical (unpaired) electrons. The number of nitriles is 1. The molecule has 5 nitrogen and oxygen atoms in total. The van der Waals surface area contributed by atoms with Gasteiger partial charge in [0.05, 0.1) is 23.6 Å². The fourth-order valence-electron chi connectivity index (χ4n) is 4.43. The average Bonchev–Trinajstić information content (AvgIpc) is 3.10. The van der Waals surface area contributed by atoms with Crippen LogP contribution in [0, 0.1) is 17.1 Å². The molecule has 5 rings (SSSR count). The molecule has 1 aliphatic heterocycles. The first-order valence-electron chi connectivity index (χ1n) is 10.7. The van der Waals surface area contributed by atoms with Crippen LogP contribution in [0.5, 0.6) is 5.75 Å². The van der Waals surface area contributed by atoms with Crippen molar-refractivity contribution >= 4 is 22.6 Å². The van der Waals surface area contributed by atoms with Crippen molar-refractivity contribution in [2.24, 2.45) is 0 Å². The van der Waals surface area contributed by atoms with Gasteiger partial charge in [0, 0.05) is 36.9 Å². The molecule has 6 heteroatoms. The van der Waals surface area contributed by atoms with Crippen LogP contribution in [0.1, 0.15) is 29.2 Å². The largest absolute Gasteiger partial charge is 0.488 e. The third-order valence-corrected chi connectivity index (χ3v) is 5.95. The van der Waals surface area contributed by atoms with Gasteiger partial charge < -0.3 is 14.2 Å². The van der Waals surface area contributed by atoms with Gasteiger partial charge in [0.2, 0.25) is 5.95 Å². The van der Waals surface area contributed by atoms with Gasteiger partial charge in [0.1, 0.15) is 18.2 Å². The third-order valence-electron chi connectivity index (χ3n) is 5.95. The first kappa shape index (κ1) is 20.8. The maximum atomic E-state index is 13.9. The molecule has 164 valence electrons. The molecule has 0 aliphatic carbocycles. The zero-order valence-corrected chi connectivity index (χ0v) is 18.8. The molecule has 0 unspecified atom stereocenters. The number of fused-ring (bicyclic) bond motifs is 3. The van der Waals surface area contributed by atoms with Crippen molar-refractivity contribution in [2.45, 2.75) is 20.1 Å². The predicted molar refractivity (Wildman–Crippen MR) is 128 cm³/mol. The Morgan fingerprint density at radius 3 is 2.70 bits per heavy atom. The number of aromatic nitrogens is 2. The van der Waals surface area contributed by atoms with Gasteiger partial charge in [-0.15, -0.1) is 0 Å². The zero-order chi connectivity index (χ0) is 23.1. The average molecular weight is 439 g/mol. The molecule has 0 saturated heterocycles. The van der Waals surface area contributed by atoms with Crippen molar-refractivity contribution in [1.29, 1.82) is 5.26 Å². The topological polar surface area (TPSA) is 54.1 Å². The van der Waals surface area contributed by atoms with Gasteiger partial charge in [-0.1, -0.05) is 24.3 Å². The Morgan fingerprint density at radius 1 is 1.12 bits per heavy atom. The molecule has 0 saturated carbocycles. The van der Waals surface area contributed by atoms with Gasteiger partial charge in [0.25, 0.3) is 0 Å². The second-order valence-corrected chi connectivity index (χ2v) is 8.41. The highest BCUT2D eigenvalue weighted by Gasteiger charge is 2.22. The van der Waals surface area contributed by atoms with Crippen LogP contribution in [-0.4, -0.2) is 23.6 Å². The normalized spacial score (nSPS) is 14.0. The Labute approximate surface area is 192 Å². The fraction of sp³-hybridized carbons (Fsp3) is 0.185. The van der Waals surface area contributed by atoms with E-state index in [0.29, 0.717) is 24.5 Å². The Morgan fingerprint density at radius 2 is 1.91 bits per heavy atom. The van der Waals surface area contributed by atoms with Crippen molar-refractivity contribution in [3.05, 3.63) is 94.3 Å². The highest BCUT2D eigenvalue weighted by molar-refractivity contribution is 5.88. The van der Waals surface area contributed by atoms with Crippen molar-refractivity contribution < 1.29 is 9.13 Å². The summed E-state index contributed by atoms with van der Waals surface area (Å²) in [7, 11) is 3.97. The number of hydrogen-bond acceptors (Lipinski definition) is 4. The molecule has 33 heavy (non-hydrogen) atoms. The van der Waals surface area contributed by atoms with Crippen LogP contribution in [0.2, 0.25) is 0 Å². The fourth-order valence-corrected chi connectivity index (χ4v) is 4.43. The van der Waals surface area contributed by atoms with E-state index in [0.717, 1.165) is 44.8 Å². The summed E-state index contributed by atoms with van der Waals surface area (Å²) in [6.45, 7) is 2.72. The molecular weight excluding hydrogens is 415 g/mol. The van der Waals surface area contributed by atoms with Crippen molar-refractivity contribution in [3.8, 4) is 11.8 Å². The van der Waals surface area contributed by atoms with Gasteiger partial charge in [-0.3, -0.25) is 0 Å². The minimum absolute atomic E-state index is 0.299. The van der Waals surface area contributed by atoms with E-state index in [2.05, 4.69) is 28.8 Å². The summed E-state index contributed by atoms with van der Waals surface area (Å²) in [4.78, 5) is 6.79. The number of hydrogen-bond donors (Lipinski definition) is 0. The molecule has 4 aromatic rings. The summed E-state index contributed by atoms with van der Waals surface area (Å²) < 4.78 is 22.1. The molecule has 2 heterocycles. The van der Waals surface area contributed by atoms with Crippen LogP contribution in [-0.2, 0) is 13.2 Å². The Hall–Kier alpha value is -4.11. The van der Waals surface area contributed by atoms with Crippen LogP contribution in [0.4, 0.5) is 10.3 Å². The molecule has 1 aromatic heterocycles. The maximum Gasteiger partial charge on any atom is 0.206 e. The lowest BCUT2D eigenvalue weighted by Crippen LogP contribution is -2.16. The zero-order valence-electron chi connectivity index (χ0n) is 18.8. The van der Waals surface area contributed by atoms with Crippen molar-refractivity contribution in [2.75, 3.05) is 19.0 Å². The van der Waals surface area contributed by atoms with Crippen LogP contribution in [0.15, 0.2) is 66.2 Å². The van der Waals surface area contributed by atoms with Crippen LogP contribution in [0.25, 0.3) is 16.6 Å². The monoisotopic (exact) mass is 438 g/mol. The van der Waals surface area contributed by atoms with Gasteiger partial charge in [-0.05, 0) is 53.9 Å². The lowest BCUT2D eigenvalue weighted by molar-refractivity contribution is 0.305. The van der Waals surface area contributed by atoms with E-state index in [1.165, 1.54) is 12.1 Å².